The molecule has 0 amide bonds. The van der Waals surface area contributed by atoms with Crippen molar-refractivity contribution < 1.29 is 8.78 Å². The Bertz CT molecular complexity index is 1250. The van der Waals surface area contributed by atoms with Gasteiger partial charge in [0.2, 0.25) is 0 Å². The van der Waals surface area contributed by atoms with E-state index >= 15 is 8.78 Å². The molecule has 0 atom stereocenters. The zero-order valence-corrected chi connectivity index (χ0v) is 21.6. The molecule has 2 fully saturated rings. The Morgan fingerprint density at radius 2 is 1.75 bits per heavy atom. The number of rotatable bonds is 6. The van der Waals surface area contributed by atoms with E-state index in [4.69, 9.17) is 11.6 Å². The van der Waals surface area contributed by atoms with Crippen LogP contribution in [0, 0.1) is 6.92 Å². The molecule has 6 nitrogen and oxygen atoms in total. The van der Waals surface area contributed by atoms with E-state index in [1.165, 1.54) is 34.6 Å². The average molecular weight is 529 g/mol. The van der Waals surface area contributed by atoms with Crippen LogP contribution in [-0.2, 0) is 5.92 Å². The zero-order chi connectivity index (χ0) is 25.3. The molecule has 0 aliphatic carbocycles. The van der Waals surface area contributed by atoms with Gasteiger partial charge in [-0.05, 0) is 68.1 Å². The third-order valence-electron chi connectivity index (χ3n) is 6.39. The van der Waals surface area contributed by atoms with Gasteiger partial charge in [0.1, 0.15) is 16.7 Å². The maximum absolute atomic E-state index is 15.2. The number of alkyl halides is 2. The Morgan fingerprint density at radius 3 is 2.42 bits per heavy atom. The van der Waals surface area contributed by atoms with Gasteiger partial charge in [0.25, 0.3) is 0 Å². The first kappa shape index (κ1) is 24.9. The van der Waals surface area contributed by atoms with Crippen LogP contribution in [-0.4, -0.2) is 52.0 Å². The number of aromatic nitrogens is 3. The van der Waals surface area contributed by atoms with Gasteiger partial charge < -0.3 is 9.80 Å². The first-order chi connectivity index (χ1) is 17.3. The van der Waals surface area contributed by atoms with E-state index in [2.05, 4.69) is 55.0 Å². The van der Waals surface area contributed by atoms with Crippen LogP contribution < -0.4 is 9.80 Å². The van der Waals surface area contributed by atoms with E-state index < -0.39 is 11.6 Å². The van der Waals surface area contributed by atoms with Crippen molar-refractivity contribution in [2.75, 3.05) is 42.5 Å². The molecule has 5 rings (SSSR count). The lowest BCUT2D eigenvalue weighted by atomic mass is 10.1. The number of allylic oxidation sites excluding steroid dienone is 1. The number of piperazine rings is 1. The van der Waals surface area contributed by atoms with Gasteiger partial charge in [-0.15, -0.1) is 0 Å². The second-order valence-corrected chi connectivity index (χ2v) is 10.5. The lowest BCUT2D eigenvalue weighted by Crippen LogP contribution is -2.43. The van der Waals surface area contributed by atoms with E-state index in [1.807, 2.05) is 4.90 Å². The van der Waals surface area contributed by atoms with Crippen LogP contribution in [0.25, 0.3) is 0 Å². The molecule has 2 saturated heterocycles. The van der Waals surface area contributed by atoms with Gasteiger partial charge >= 0.3 is 5.92 Å². The Kier molecular flexibility index (Phi) is 7.14. The third kappa shape index (κ3) is 5.33. The highest BCUT2D eigenvalue weighted by Crippen LogP contribution is 2.37. The Hall–Kier alpha value is -2.75. The lowest BCUT2D eigenvalue weighted by molar-refractivity contribution is 0.0373. The first-order valence-electron chi connectivity index (χ1n) is 11.9. The summed E-state index contributed by atoms with van der Waals surface area (Å²) in [5.41, 5.74) is 2.14. The molecular weight excluding hydrogens is 502 g/mol. The predicted molar refractivity (Wildman–Crippen MR) is 141 cm³/mol. The van der Waals surface area contributed by atoms with Gasteiger partial charge in [-0.3, -0.25) is 4.98 Å². The highest BCUT2D eigenvalue weighted by molar-refractivity contribution is 7.97. The standard InChI is InChI=1S/C26H27ClF2N6S/c1-18-16-30-17-23(31-18)26(28,29)20-14-24(27)32-25(15-20)33-10-12-34(13-11-33)36-22-7-5-21(6-8-22)35-9-3-4-19(35)2/h5-8,14-17H,2-4,9-13H2,1H3. The van der Waals surface area contributed by atoms with Crippen molar-refractivity contribution in [3.8, 4) is 0 Å². The number of nitrogens with zero attached hydrogens (tertiary/aromatic N) is 6. The van der Waals surface area contributed by atoms with E-state index in [0.717, 1.165) is 38.7 Å². The molecule has 4 heterocycles. The molecule has 0 spiro atoms. The van der Waals surface area contributed by atoms with Crippen LogP contribution in [0.2, 0.25) is 5.15 Å². The number of halogens is 3. The quantitative estimate of drug-likeness (QED) is 0.291. The molecule has 0 bridgehead atoms. The highest BCUT2D eigenvalue weighted by atomic mass is 35.5. The molecule has 2 aliphatic rings. The highest BCUT2D eigenvalue weighted by Gasteiger charge is 2.37. The molecule has 0 radical (unpaired) electrons. The van der Waals surface area contributed by atoms with E-state index in [-0.39, 0.29) is 10.7 Å². The topological polar surface area (TPSA) is 48.4 Å². The fraction of sp³-hybridized carbons (Fsp3) is 0.346. The lowest BCUT2D eigenvalue weighted by Gasteiger charge is -2.35. The summed E-state index contributed by atoms with van der Waals surface area (Å²) in [4.78, 5) is 17.6. The van der Waals surface area contributed by atoms with Crippen molar-refractivity contribution in [1.29, 1.82) is 0 Å². The fourth-order valence-electron chi connectivity index (χ4n) is 4.48. The van der Waals surface area contributed by atoms with Gasteiger partial charge in [-0.2, -0.15) is 8.78 Å². The van der Waals surface area contributed by atoms with Crippen LogP contribution in [0.3, 0.4) is 0 Å². The summed E-state index contributed by atoms with van der Waals surface area (Å²) in [5.74, 6) is -2.89. The summed E-state index contributed by atoms with van der Waals surface area (Å²) in [5, 5.41) is 0.0281. The average Bonchev–Trinajstić information content (AvgIpc) is 3.30. The smallest absolute Gasteiger partial charge is 0.316 e. The SMILES string of the molecule is C=C1CCCN1c1ccc(SN2CCN(c3cc(C(F)(F)c4cncc(C)n4)cc(Cl)n3)CC2)cc1. The van der Waals surface area contributed by atoms with E-state index in [1.54, 1.807) is 18.9 Å². The monoisotopic (exact) mass is 528 g/mol. The molecule has 10 heteroatoms. The molecule has 0 unspecified atom stereocenters. The zero-order valence-electron chi connectivity index (χ0n) is 20.0. The van der Waals surface area contributed by atoms with E-state index in [0.29, 0.717) is 24.6 Å². The minimum absolute atomic E-state index is 0.0281. The second-order valence-electron chi connectivity index (χ2n) is 8.98. The summed E-state index contributed by atoms with van der Waals surface area (Å²) in [7, 11) is 0. The number of hydrogen-bond donors (Lipinski definition) is 0. The molecule has 3 aromatic rings. The van der Waals surface area contributed by atoms with Gasteiger partial charge in [-0.1, -0.05) is 18.2 Å². The molecule has 2 aliphatic heterocycles. The molecular formula is C26H27ClF2N6S. The van der Waals surface area contributed by atoms with Crippen LogP contribution in [0.1, 0.15) is 29.8 Å². The maximum atomic E-state index is 15.2. The van der Waals surface area contributed by atoms with Crippen LogP contribution in [0.5, 0.6) is 0 Å². The minimum atomic E-state index is -3.33. The second kappa shape index (κ2) is 10.3. The number of hydrogen-bond acceptors (Lipinski definition) is 7. The number of anilines is 2. The largest absolute Gasteiger partial charge is 0.354 e. The van der Waals surface area contributed by atoms with E-state index in [9.17, 15) is 0 Å². The van der Waals surface area contributed by atoms with Crippen molar-refractivity contribution in [2.45, 2.75) is 30.6 Å². The Labute approximate surface area is 219 Å². The summed E-state index contributed by atoms with van der Waals surface area (Å²) in [6.07, 6.45) is 4.74. The first-order valence-corrected chi connectivity index (χ1v) is 13.0. The van der Waals surface area contributed by atoms with Gasteiger partial charge in [-0.25, -0.2) is 14.3 Å². The Morgan fingerprint density at radius 1 is 1.00 bits per heavy atom. The normalized spacial score (nSPS) is 17.2. The summed E-state index contributed by atoms with van der Waals surface area (Å²) in [6, 6.07) is 11.2. The van der Waals surface area contributed by atoms with Crippen LogP contribution >= 0.6 is 23.5 Å². The number of benzene rings is 1. The molecule has 1 aromatic carbocycles. The van der Waals surface area contributed by atoms with Gasteiger partial charge in [0.05, 0.1) is 11.9 Å². The van der Waals surface area contributed by atoms with Crippen molar-refractivity contribution in [3.63, 3.8) is 0 Å². The Balaban J connectivity index is 1.23. The minimum Gasteiger partial charge on any atom is -0.354 e. The third-order valence-corrected chi connectivity index (χ3v) is 7.69. The van der Waals surface area contributed by atoms with Gasteiger partial charge in [0, 0.05) is 60.8 Å². The maximum Gasteiger partial charge on any atom is 0.316 e. The molecule has 188 valence electrons. The van der Waals surface area contributed by atoms with Crippen molar-refractivity contribution in [3.05, 3.63) is 83.2 Å². The molecule has 0 N–H and O–H groups in total. The molecule has 0 saturated carbocycles. The number of pyridine rings is 1. The van der Waals surface area contributed by atoms with Gasteiger partial charge in [0.15, 0.2) is 0 Å². The fourth-order valence-corrected chi connectivity index (χ4v) is 5.59. The van der Waals surface area contributed by atoms with Crippen LogP contribution in [0.4, 0.5) is 20.3 Å². The van der Waals surface area contributed by atoms with Crippen LogP contribution in [0.15, 0.2) is 66.0 Å². The van der Waals surface area contributed by atoms with Crippen molar-refractivity contribution >= 4 is 35.1 Å². The molecule has 2 aromatic heterocycles. The van der Waals surface area contributed by atoms with Crippen molar-refractivity contribution in [1.82, 2.24) is 19.3 Å². The molecule has 36 heavy (non-hydrogen) atoms. The van der Waals surface area contributed by atoms with Crippen molar-refractivity contribution in [2.24, 2.45) is 0 Å². The predicted octanol–water partition coefficient (Wildman–Crippen LogP) is 5.92. The summed E-state index contributed by atoms with van der Waals surface area (Å²) in [6.45, 7) is 9.64. The summed E-state index contributed by atoms with van der Waals surface area (Å²) < 4.78 is 32.7. The summed E-state index contributed by atoms with van der Waals surface area (Å²) >= 11 is 7.88. The number of aryl methyl sites for hydroxylation is 1.